The highest BCUT2D eigenvalue weighted by Gasteiger charge is 2.33. The first-order valence-corrected chi connectivity index (χ1v) is 12.1. The molecule has 2 unspecified atom stereocenters. The van der Waals surface area contributed by atoms with Gasteiger partial charge in [0.1, 0.15) is 11.5 Å². The van der Waals surface area contributed by atoms with Gasteiger partial charge in [0, 0.05) is 11.1 Å². The Morgan fingerprint density at radius 1 is 0.611 bits per heavy atom. The van der Waals surface area contributed by atoms with Crippen LogP contribution in [0.4, 0.5) is 0 Å². The Balaban J connectivity index is 1.16. The van der Waals surface area contributed by atoms with Crippen molar-refractivity contribution < 1.29 is 19.1 Å². The molecule has 0 saturated heterocycles. The molecule has 5 rings (SSSR count). The molecule has 1 saturated carbocycles. The van der Waals surface area contributed by atoms with Crippen molar-refractivity contribution in [1.82, 2.24) is 9.97 Å². The van der Waals surface area contributed by atoms with Gasteiger partial charge in [0.2, 0.25) is 0 Å². The van der Waals surface area contributed by atoms with E-state index in [0.29, 0.717) is 30.8 Å². The second-order valence-corrected chi connectivity index (χ2v) is 8.89. The Morgan fingerprint density at radius 2 is 1.06 bits per heavy atom. The van der Waals surface area contributed by atoms with Crippen molar-refractivity contribution in [3.05, 3.63) is 97.3 Å². The van der Waals surface area contributed by atoms with Crippen LogP contribution in [0.25, 0.3) is 22.5 Å². The summed E-state index contributed by atoms with van der Waals surface area (Å²) in [6.07, 6.45) is 5.65. The molecule has 1 aliphatic rings. The van der Waals surface area contributed by atoms with E-state index in [1.54, 1.807) is 24.5 Å². The zero-order chi connectivity index (χ0) is 24.7. The molecule has 0 aliphatic heterocycles. The quantitative estimate of drug-likeness (QED) is 0.310. The molecule has 1 aliphatic carbocycles. The smallest absolute Gasteiger partial charge is 0.314 e. The molecule has 2 atom stereocenters. The Bertz CT molecular complexity index is 1200. The normalized spacial score (nSPS) is 17.2. The molecule has 0 N–H and O–H groups in total. The standard InChI is InChI=1S/C30H26N2O4/c33-29(35-25-14-16-27(31-19-25)21-8-3-1-4-9-21)23-12-7-13-24(18-23)30(34)36-26-15-17-28(32-20-26)22-10-5-2-6-11-22/h1-6,8-11,14-17,19-20,23-24H,7,12-13,18H2. The Labute approximate surface area is 210 Å². The number of benzene rings is 2. The molecule has 0 amide bonds. The number of rotatable bonds is 6. The van der Waals surface area contributed by atoms with Gasteiger partial charge in [-0.2, -0.15) is 0 Å². The molecule has 2 aromatic heterocycles. The maximum Gasteiger partial charge on any atom is 0.314 e. The van der Waals surface area contributed by atoms with Crippen molar-refractivity contribution in [3.8, 4) is 34.0 Å². The topological polar surface area (TPSA) is 78.4 Å². The highest BCUT2D eigenvalue weighted by atomic mass is 16.5. The van der Waals surface area contributed by atoms with E-state index in [2.05, 4.69) is 9.97 Å². The second kappa shape index (κ2) is 11.0. The highest BCUT2D eigenvalue weighted by Crippen LogP contribution is 2.32. The number of hydrogen-bond acceptors (Lipinski definition) is 6. The van der Waals surface area contributed by atoms with Gasteiger partial charge in [0.15, 0.2) is 0 Å². The number of pyridine rings is 2. The third kappa shape index (κ3) is 5.66. The van der Waals surface area contributed by atoms with Crippen LogP contribution in [0.15, 0.2) is 97.3 Å². The lowest BCUT2D eigenvalue weighted by Crippen LogP contribution is -2.32. The number of carbonyl (C=O) groups is 2. The van der Waals surface area contributed by atoms with Gasteiger partial charge in [-0.15, -0.1) is 0 Å². The fourth-order valence-electron chi connectivity index (χ4n) is 4.46. The molecule has 4 aromatic rings. The average Bonchev–Trinajstić information content (AvgIpc) is 2.95. The molecule has 6 heteroatoms. The van der Waals surface area contributed by atoms with Crippen LogP contribution >= 0.6 is 0 Å². The van der Waals surface area contributed by atoms with Gasteiger partial charge in [0.25, 0.3) is 0 Å². The Morgan fingerprint density at radius 3 is 1.44 bits per heavy atom. The number of esters is 2. The summed E-state index contributed by atoms with van der Waals surface area (Å²) in [5.74, 6) is -0.596. The maximum absolute atomic E-state index is 12.8. The molecular formula is C30H26N2O4. The van der Waals surface area contributed by atoms with Crippen molar-refractivity contribution in [1.29, 1.82) is 0 Å². The van der Waals surface area contributed by atoms with Crippen LogP contribution < -0.4 is 9.47 Å². The van der Waals surface area contributed by atoms with E-state index >= 15 is 0 Å². The summed E-state index contributed by atoms with van der Waals surface area (Å²) in [6, 6.07) is 26.7. The van der Waals surface area contributed by atoms with Crippen LogP contribution in [0.3, 0.4) is 0 Å². The summed E-state index contributed by atoms with van der Waals surface area (Å²) < 4.78 is 11.2. The predicted molar refractivity (Wildman–Crippen MR) is 136 cm³/mol. The third-order valence-corrected chi connectivity index (χ3v) is 6.39. The fraction of sp³-hybridized carbons (Fsp3) is 0.200. The van der Waals surface area contributed by atoms with Crippen LogP contribution in [-0.4, -0.2) is 21.9 Å². The van der Waals surface area contributed by atoms with E-state index in [0.717, 1.165) is 28.9 Å². The third-order valence-electron chi connectivity index (χ3n) is 6.39. The molecule has 1 fully saturated rings. The first kappa shape index (κ1) is 23.4. The Hall–Kier alpha value is -4.32. The lowest BCUT2D eigenvalue weighted by atomic mass is 9.81. The minimum atomic E-state index is -0.358. The van der Waals surface area contributed by atoms with E-state index in [1.807, 2.05) is 72.8 Å². The molecule has 6 nitrogen and oxygen atoms in total. The van der Waals surface area contributed by atoms with E-state index in [9.17, 15) is 9.59 Å². The Kier molecular flexibility index (Phi) is 7.12. The number of nitrogens with zero attached hydrogens (tertiary/aromatic N) is 2. The largest absolute Gasteiger partial charge is 0.425 e. The first-order valence-electron chi connectivity index (χ1n) is 12.1. The van der Waals surface area contributed by atoms with Crippen molar-refractivity contribution in [2.24, 2.45) is 11.8 Å². The van der Waals surface area contributed by atoms with Crippen LogP contribution in [0.1, 0.15) is 25.7 Å². The zero-order valence-corrected chi connectivity index (χ0v) is 19.7. The second-order valence-electron chi connectivity index (χ2n) is 8.89. The van der Waals surface area contributed by atoms with Gasteiger partial charge < -0.3 is 9.47 Å². The summed E-state index contributed by atoms with van der Waals surface area (Å²) in [4.78, 5) is 34.4. The zero-order valence-electron chi connectivity index (χ0n) is 19.7. The maximum atomic E-state index is 12.8. The lowest BCUT2D eigenvalue weighted by molar-refractivity contribution is -0.145. The molecule has 180 valence electrons. The summed E-state index contributed by atoms with van der Waals surface area (Å²) >= 11 is 0. The number of hydrogen-bond donors (Lipinski definition) is 0. The van der Waals surface area contributed by atoms with E-state index < -0.39 is 0 Å². The molecular weight excluding hydrogens is 452 g/mol. The van der Waals surface area contributed by atoms with E-state index in [1.165, 1.54) is 0 Å². The van der Waals surface area contributed by atoms with Gasteiger partial charge in [-0.05, 0) is 43.5 Å². The first-order chi connectivity index (χ1) is 17.7. The van der Waals surface area contributed by atoms with Gasteiger partial charge >= 0.3 is 11.9 Å². The lowest BCUT2D eigenvalue weighted by Gasteiger charge is -2.26. The molecule has 36 heavy (non-hydrogen) atoms. The predicted octanol–water partition coefficient (Wildman–Crippen LogP) is 6.13. The summed E-state index contributed by atoms with van der Waals surface area (Å²) in [5, 5.41) is 0. The molecule has 2 aromatic carbocycles. The van der Waals surface area contributed by atoms with Crippen molar-refractivity contribution in [2.75, 3.05) is 0 Å². The average molecular weight is 479 g/mol. The van der Waals surface area contributed by atoms with Gasteiger partial charge in [-0.3, -0.25) is 19.6 Å². The van der Waals surface area contributed by atoms with E-state index in [4.69, 9.17) is 9.47 Å². The molecule has 0 bridgehead atoms. The van der Waals surface area contributed by atoms with Crippen molar-refractivity contribution in [2.45, 2.75) is 25.7 Å². The van der Waals surface area contributed by atoms with Crippen LogP contribution in [0.5, 0.6) is 11.5 Å². The fourth-order valence-corrected chi connectivity index (χ4v) is 4.46. The molecule has 0 radical (unpaired) electrons. The molecule has 2 heterocycles. The van der Waals surface area contributed by atoms with Gasteiger partial charge in [0.05, 0.1) is 35.6 Å². The highest BCUT2D eigenvalue weighted by molar-refractivity contribution is 5.79. The summed E-state index contributed by atoms with van der Waals surface area (Å²) in [7, 11) is 0. The van der Waals surface area contributed by atoms with Crippen LogP contribution in [0.2, 0.25) is 0 Å². The van der Waals surface area contributed by atoms with Crippen molar-refractivity contribution in [3.63, 3.8) is 0 Å². The van der Waals surface area contributed by atoms with E-state index in [-0.39, 0.29) is 23.8 Å². The minimum absolute atomic E-state index is 0.337. The monoisotopic (exact) mass is 478 g/mol. The van der Waals surface area contributed by atoms with Gasteiger partial charge in [-0.1, -0.05) is 67.1 Å². The molecule has 0 spiro atoms. The van der Waals surface area contributed by atoms with Crippen LogP contribution in [-0.2, 0) is 9.59 Å². The van der Waals surface area contributed by atoms with Crippen molar-refractivity contribution >= 4 is 11.9 Å². The summed E-state index contributed by atoms with van der Waals surface area (Å²) in [5.41, 5.74) is 3.60. The van der Waals surface area contributed by atoms with Crippen LogP contribution in [0, 0.1) is 11.8 Å². The number of ether oxygens (including phenoxy) is 2. The van der Waals surface area contributed by atoms with Gasteiger partial charge in [-0.25, -0.2) is 0 Å². The number of aromatic nitrogens is 2. The number of carbonyl (C=O) groups excluding carboxylic acids is 2. The minimum Gasteiger partial charge on any atom is -0.425 e. The SMILES string of the molecule is O=C(Oc1ccc(-c2ccccc2)nc1)C1CCCC(C(=O)Oc2ccc(-c3ccccc3)nc2)C1. The summed E-state index contributed by atoms with van der Waals surface area (Å²) in [6.45, 7) is 0.